The number of nitrogens with one attached hydrogen (secondary N) is 1. The molecule has 0 spiro atoms. The topological polar surface area (TPSA) is 107 Å². The van der Waals surface area contributed by atoms with Gasteiger partial charge in [-0.2, -0.15) is 4.39 Å². The molecular formula is C13H17FN2O6. The molecule has 0 unspecified atom stereocenters. The van der Waals surface area contributed by atoms with E-state index in [1.165, 1.54) is 0 Å². The second-order valence-corrected chi connectivity index (χ2v) is 5.39. The molecule has 0 radical (unpaired) electrons. The minimum absolute atomic E-state index is 0.260. The molecule has 0 fully saturated rings. The molecule has 1 aromatic rings. The number of esters is 1. The van der Waals surface area contributed by atoms with Gasteiger partial charge in [-0.1, -0.05) is 0 Å². The van der Waals surface area contributed by atoms with Crippen LogP contribution in [0.1, 0.15) is 38.4 Å². The second kappa shape index (κ2) is 7.12. The molecule has 8 nitrogen and oxygen atoms in total. The van der Waals surface area contributed by atoms with E-state index in [0.29, 0.717) is 10.8 Å². The highest BCUT2D eigenvalue weighted by Crippen LogP contribution is 2.06. The van der Waals surface area contributed by atoms with Crippen LogP contribution in [0.2, 0.25) is 0 Å². The number of hydrogen-bond donors (Lipinski definition) is 1. The Hall–Kier alpha value is -2.29. The van der Waals surface area contributed by atoms with Crippen LogP contribution >= 0.6 is 0 Å². The number of rotatable bonds is 5. The van der Waals surface area contributed by atoms with Gasteiger partial charge >= 0.3 is 11.7 Å². The molecule has 1 aromatic heterocycles. The maximum atomic E-state index is 13.0. The van der Waals surface area contributed by atoms with Crippen molar-refractivity contribution in [1.29, 1.82) is 0 Å². The Bertz CT molecular complexity index is 670. The Morgan fingerprint density at radius 2 is 1.91 bits per heavy atom. The molecule has 0 aromatic carbocycles. The number of aromatic nitrogens is 2. The maximum absolute atomic E-state index is 13.0. The van der Waals surface area contributed by atoms with E-state index in [-0.39, 0.29) is 19.6 Å². The standard InChI is InChI=1S/C13H17FN2O6/c1-13(2,3)22-7-21-10(18)5-4-9(17)16-6-8(14)11(19)15-12(16)20/h6H,4-5,7H2,1-3H3,(H,15,19,20). The molecule has 0 aliphatic heterocycles. The zero-order valence-corrected chi connectivity index (χ0v) is 12.5. The Kier molecular flexibility index (Phi) is 5.75. The average Bonchev–Trinajstić information content (AvgIpc) is 2.38. The van der Waals surface area contributed by atoms with Crippen LogP contribution in [0.25, 0.3) is 0 Å². The lowest BCUT2D eigenvalue weighted by Gasteiger charge is -2.18. The fraction of sp³-hybridized carbons (Fsp3) is 0.538. The van der Waals surface area contributed by atoms with Crippen LogP contribution in [0.5, 0.6) is 0 Å². The van der Waals surface area contributed by atoms with Crippen LogP contribution in [0.15, 0.2) is 15.8 Å². The van der Waals surface area contributed by atoms with Gasteiger partial charge in [0.15, 0.2) is 6.79 Å². The highest BCUT2D eigenvalue weighted by Gasteiger charge is 2.15. The number of ether oxygens (including phenoxy) is 2. The van der Waals surface area contributed by atoms with E-state index < -0.39 is 34.5 Å². The third-order valence-electron chi connectivity index (χ3n) is 2.42. The number of hydrogen-bond acceptors (Lipinski definition) is 6. The molecule has 1 heterocycles. The number of carbonyl (C=O) groups excluding carboxylic acids is 2. The molecule has 0 aliphatic carbocycles. The molecule has 0 saturated carbocycles. The van der Waals surface area contributed by atoms with Crippen LogP contribution in [-0.4, -0.2) is 33.8 Å². The molecule has 0 atom stereocenters. The summed E-state index contributed by atoms with van der Waals surface area (Å²) >= 11 is 0. The Balaban J connectivity index is 2.53. The monoisotopic (exact) mass is 316 g/mol. The Morgan fingerprint density at radius 3 is 2.50 bits per heavy atom. The molecule has 0 saturated heterocycles. The number of nitrogens with zero attached hydrogens (tertiary/aromatic N) is 1. The van der Waals surface area contributed by atoms with Crippen molar-refractivity contribution in [3.8, 4) is 0 Å². The third-order valence-corrected chi connectivity index (χ3v) is 2.42. The van der Waals surface area contributed by atoms with Crippen molar-refractivity contribution in [2.75, 3.05) is 6.79 Å². The zero-order valence-electron chi connectivity index (χ0n) is 12.5. The van der Waals surface area contributed by atoms with Gasteiger partial charge in [-0.05, 0) is 20.8 Å². The summed E-state index contributed by atoms with van der Waals surface area (Å²) in [6.45, 7) is 5.08. The van der Waals surface area contributed by atoms with Crippen molar-refractivity contribution in [2.24, 2.45) is 0 Å². The first-order valence-electron chi connectivity index (χ1n) is 6.44. The first-order valence-corrected chi connectivity index (χ1v) is 6.44. The van der Waals surface area contributed by atoms with E-state index in [1.807, 2.05) is 0 Å². The zero-order chi connectivity index (χ0) is 16.9. The smallest absolute Gasteiger partial charge is 0.335 e. The van der Waals surface area contributed by atoms with Crippen molar-refractivity contribution in [3.05, 3.63) is 32.9 Å². The lowest BCUT2D eigenvalue weighted by molar-refractivity contribution is -0.166. The highest BCUT2D eigenvalue weighted by atomic mass is 19.1. The summed E-state index contributed by atoms with van der Waals surface area (Å²) in [6.07, 6.45) is -0.198. The normalized spacial score (nSPS) is 11.3. The molecule has 0 bridgehead atoms. The summed E-state index contributed by atoms with van der Waals surface area (Å²) < 4.78 is 23.3. The molecule has 0 aliphatic rings. The van der Waals surface area contributed by atoms with Crippen LogP contribution in [0.3, 0.4) is 0 Å². The predicted octanol–water partition coefficient (Wildman–Crippen LogP) is 0.412. The van der Waals surface area contributed by atoms with Crippen LogP contribution in [0.4, 0.5) is 4.39 Å². The van der Waals surface area contributed by atoms with Crippen LogP contribution in [-0.2, 0) is 14.3 Å². The predicted molar refractivity (Wildman–Crippen MR) is 72.9 cm³/mol. The maximum Gasteiger partial charge on any atom is 0.335 e. The summed E-state index contributed by atoms with van der Waals surface area (Å²) in [5.41, 5.74) is -2.76. The molecular weight excluding hydrogens is 299 g/mol. The fourth-order valence-electron chi connectivity index (χ4n) is 1.31. The quantitative estimate of drug-likeness (QED) is 0.623. The van der Waals surface area contributed by atoms with Gasteiger partial charge in [0.1, 0.15) is 0 Å². The lowest BCUT2D eigenvalue weighted by Crippen LogP contribution is -2.35. The molecule has 22 heavy (non-hydrogen) atoms. The van der Waals surface area contributed by atoms with Gasteiger partial charge in [-0.3, -0.25) is 19.4 Å². The average molecular weight is 316 g/mol. The Labute approximate surface area is 124 Å². The highest BCUT2D eigenvalue weighted by molar-refractivity contribution is 5.82. The second-order valence-electron chi connectivity index (χ2n) is 5.39. The summed E-state index contributed by atoms with van der Waals surface area (Å²) in [7, 11) is 0. The SMILES string of the molecule is CC(C)(C)OCOC(=O)CCC(=O)n1cc(F)c(=O)[nH]c1=O. The van der Waals surface area contributed by atoms with Gasteiger partial charge in [0.05, 0.1) is 18.2 Å². The first kappa shape index (κ1) is 17.8. The van der Waals surface area contributed by atoms with Crippen molar-refractivity contribution in [3.63, 3.8) is 0 Å². The number of carbonyl (C=O) groups is 2. The molecule has 9 heteroatoms. The van der Waals surface area contributed by atoms with Crippen molar-refractivity contribution >= 4 is 11.9 Å². The number of aromatic amines is 1. The number of halogens is 1. The van der Waals surface area contributed by atoms with Gasteiger partial charge in [0.25, 0.3) is 5.56 Å². The van der Waals surface area contributed by atoms with Gasteiger partial charge in [-0.25, -0.2) is 9.36 Å². The van der Waals surface area contributed by atoms with Crippen LogP contribution in [0, 0.1) is 5.82 Å². The number of H-pyrrole nitrogens is 1. The van der Waals surface area contributed by atoms with Crippen molar-refractivity contribution < 1.29 is 23.5 Å². The summed E-state index contributed by atoms with van der Waals surface area (Å²) in [6, 6.07) is 0. The largest absolute Gasteiger partial charge is 0.438 e. The minimum Gasteiger partial charge on any atom is -0.438 e. The lowest BCUT2D eigenvalue weighted by atomic mass is 10.2. The van der Waals surface area contributed by atoms with E-state index in [4.69, 9.17) is 9.47 Å². The first-order chi connectivity index (χ1) is 10.1. The van der Waals surface area contributed by atoms with E-state index in [1.54, 1.807) is 25.8 Å². The molecule has 0 amide bonds. The van der Waals surface area contributed by atoms with Crippen molar-refractivity contribution in [1.82, 2.24) is 9.55 Å². The Morgan fingerprint density at radius 1 is 1.27 bits per heavy atom. The van der Waals surface area contributed by atoms with Gasteiger partial charge in [0.2, 0.25) is 11.7 Å². The van der Waals surface area contributed by atoms with Crippen LogP contribution < -0.4 is 11.2 Å². The fourth-order valence-corrected chi connectivity index (χ4v) is 1.31. The van der Waals surface area contributed by atoms with E-state index >= 15 is 0 Å². The van der Waals surface area contributed by atoms with Crippen molar-refractivity contribution in [2.45, 2.75) is 39.2 Å². The molecule has 1 N–H and O–H groups in total. The molecule has 1 rings (SSSR count). The van der Waals surface area contributed by atoms with Gasteiger partial charge in [-0.15, -0.1) is 0 Å². The summed E-state index contributed by atoms with van der Waals surface area (Å²) in [4.78, 5) is 46.9. The van der Waals surface area contributed by atoms with E-state index in [0.717, 1.165) is 0 Å². The van der Waals surface area contributed by atoms with E-state index in [9.17, 15) is 23.6 Å². The third kappa shape index (κ3) is 5.60. The van der Waals surface area contributed by atoms with Gasteiger partial charge < -0.3 is 9.47 Å². The summed E-state index contributed by atoms with van der Waals surface area (Å²) in [5, 5.41) is 0. The minimum atomic E-state index is -1.27. The van der Waals surface area contributed by atoms with E-state index in [2.05, 4.69) is 0 Å². The molecule has 122 valence electrons. The summed E-state index contributed by atoms with van der Waals surface area (Å²) in [5.74, 6) is -2.81. The van der Waals surface area contributed by atoms with Gasteiger partial charge in [0, 0.05) is 6.42 Å².